The second-order valence-corrected chi connectivity index (χ2v) is 5.86. The summed E-state index contributed by atoms with van der Waals surface area (Å²) in [6, 6.07) is 7.96. The van der Waals surface area contributed by atoms with Crippen LogP contribution in [0.5, 0.6) is 0 Å². The molecule has 19 heavy (non-hydrogen) atoms. The Balaban J connectivity index is 2.13. The molecule has 0 radical (unpaired) electrons. The van der Waals surface area contributed by atoms with Crippen LogP contribution in [-0.4, -0.2) is 9.97 Å². The molecule has 0 spiro atoms. The van der Waals surface area contributed by atoms with Gasteiger partial charge in [-0.15, -0.1) is 11.3 Å². The van der Waals surface area contributed by atoms with E-state index in [1.165, 1.54) is 4.88 Å². The predicted octanol–water partition coefficient (Wildman–Crippen LogP) is 3.36. The molecule has 0 aliphatic rings. The van der Waals surface area contributed by atoms with E-state index in [1.54, 1.807) is 11.3 Å². The van der Waals surface area contributed by atoms with Crippen molar-refractivity contribution in [1.82, 2.24) is 9.97 Å². The van der Waals surface area contributed by atoms with Crippen molar-refractivity contribution in [3.05, 3.63) is 57.8 Å². The molecule has 2 N–H and O–H groups in total. The standard InChI is InChI=1S/C15H15N3S/c1-9-10(2)19-15(18-9)14(16)13-8-17-7-11-5-3-4-6-12(11)13/h3-8,14H,16H2,1-2H3. The zero-order valence-corrected chi connectivity index (χ0v) is 11.7. The van der Waals surface area contributed by atoms with Gasteiger partial charge < -0.3 is 5.73 Å². The molecule has 1 aromatic carbocycles. The van der Waals surface area contributed by atoms with Gasteiger partial charge in [-0.1, -0.05) is 24.3 Å². The van der Waals surface area contributed by atoms with Crippen molar-refractivity contribution < 1.29 is 0 Å². The van der Waals surface area contributed by atoms with Gasteiger partial charge in [0.05, 0.1) is 11.7 Å². The molecule has 3 nitrogen and oxygen atoms in total. The van der Waals surface area contributed by atoms with E-state index in [2.05, 4.69) is 29.0 Å². The van der Waals surface area contributed by atoms with Gasteiger partial charge in [0.2, 0.25) is 0 Å². The van der Waals surface area contributed by atoms with Crippen molar-refractivity contribution in [1.29, 1.82) is 0 Å². The van der Waals surface area contributed by atoms with Gasteiger partial charge in [0.25, 0.3) is 0 Å². The fourth-order valence-corrected chi connectivity index (χ4v) is 3.09. The Bertz CT molecular complexity index is 708. The normalized spacial score (nSPS) is 12.8. The first-order valence-corrected chi connectivity index (χ1v) is 7.00. The maximum Gasteiger partial charge on any atom is 0.115 e. The Kier molecular flexibility index (Phi) is 3.05. The van der Waals surface area contributed by atoms with Gasteiger partial charge in [-0.2, -0.15) is 0 Å². The van der Waals surface area contributed by atoms with Gasteiger partial charge in [-0.3, -0.25) is 4.98 Å². The van der Waals surface area contributed by atoms with Crippen LogP contribution in [0.25, 0.3) is 10.8 Å². The summed E-state index contributed by atoms with van der Waals surface area (Å²) in [5.74, 6) is 0. The van der Waals surface area contributed by atoms with E-state index >= 15 is 0 Å². The summed E-state index contributed by atoms with van der Waals surface area (Å²) in [5.41, 5.74) is 8.47. The van der Waals surface area contributed by atoms with Crippen molar-refractivity contribution in [3.8, 4) is 0 Å². The number of pyridine rings is 1. The third-order valence-corrected chi connectivity index (χ3v) is 4.50. The van der Waals surface area contributed by atoms with Crippen molar-refractivity contribution in [3.63, 3.8) is 0 Å². The zero-order chi connectivity index (χ0) is 13.4. The number of thiazole rings is 1. The predicted molar refractivity (Wildman–Crippen MR) is 79.4 cm³/mol. The van der Waals surface area contributed by atoms with E-state index in [1.807, 2.05) is 31.5 Å². The minimum Gasteiger partial charge on any atom is -0.318 e. The van der Waals surface area contributed by atoms with Crippen molar-refractivity contribution in [2.75, 3.05) is 0 Å². The summed E-state index contributed by atoms with van der Waals surface area (Å²) in [5, 5.41) is 3.21. The highest BCUT2D eigenvalue weighted by Crippen LogP contribution is 2.29. The third kappa shape index (κ3) is 2.13. The number of benzene rings is 1. The van der Waals surface area contributed by atoms with Crippen LogP contribution in [0.4, 0.5) is 0 Å². The Hall–Kier alpha value is -1.78. The molecule has 96 valence electrons. The fourth-order valence-electron chi connectivity index (χ4n) is 2.15. The molecule has 0 saturated heterocycles. The highest BCUT2D eigenvalue weighted by atomic mass is 32.1. The summed E-state index contributed by atoms with van der Waals surface area (Å²) in [6.45, 7) is 4.09. The van der Waals surface area contributed by atoms with Gasteiger partial charge in [-0.25, -0.2) is 4.98 Å². The van der Waals surface area contributed by atoms with E-state index in [-0.39, 0.29) is 6.04 Å². The van der Waals surface area contributed by atoms with Crippen LogP contribution in [0.1, 0.15) is 27.2 Å². The van der Waals surface area contributed by atoms with Crippen LogP contribution in [-0.2, 0) is 0 Å². The van der Waals surface area contributed by atoms with Crippen LogP contribution < -0.4 is 5.73 Å². The molecule has 2 aromatic heterocycles. The molecule has 0 aliphatic heterocycles. The molecule has 0 aliphatic carbocycles. The van der Waals surface area contributed by atoms with Gasteiger partial charge in [0.15, 0.2) is 0 Å². The van der Waals surface area contributed by atoms with E-state index in [9.17, 15) is 0 Å². The monoisotopic (exact) mass is 269 g/mol. The minimum absolute atomic E-state index is 0.212. The molecule has 1 atom stereocenters. The molecule has 3 rings (SSSR count). The van der Waals surface area contributed by atoms with Crippen molar-refractivity contribution in [2.24, 2.45) is 5.73 Å². The average Bonchev–Trinajstić information content (AvgIpc) is 2.77. The molecule has 3 aromatic rings. The number of fused-ring (bicyclic) bond motifs is 1. The third-order valence-electron chi connectivity index (χ3n) is 3.35. The second kappa shape index (κ2) is 4.72. The van der Waals surface area contributed by atoms with Crippen LogP contribution in [0.15, 0.2) is 36.7 Å². The first-order valence-electron chi connectivity index (χ1n) is 6.19. The Labute approximate surface area is 116 Å². The van der Waals surface area contributed by atoms with Crippen LogP contribution in [0, 0.1) is 13.8 Å². The maximum atomic E-state index is 6.37. The number of aryl methyl sites for hydroxylation is 2. The first kappa shape index (κ1) is 12.3. The van der Waals surface area contributed by atoms with Crippen molar-refractivity contribution >= 4 is 22.1 Å². The molecular formula is C15H15N3S. The van der Waals surface area contributed by atoms with Crippen LogP contribution >= 0.6 is 11.3 Å². The topological polar surface area (TPSA) is 51.8 Å². The minimum atomic E-state index is -0.212. The van der Waals surface area contributed by atoms with Gasteiger partial charge in [0, 0.05) is 28.2 Å². The quantitative estimate of drug-likeness (QED) is 0.776. The van der Waals surface area contributed by atoms with E-state index in [0.717, 1.165) is 27.0 Å². The van der Waals surface area contributed by atoms with Crippen LogP contribution in [0.3, 0.4) is 0 Å². The summed E-state index contributed by atoms with van der Waals surface area (Å²) in [4.78, 5) is 10.1. The molecule has 1 unspecified atom stereocenters. The molecule has 0 fully saturated rings. The van der Waals surface area contributed by atoms with Gasteiger partial charge in [-0.05, 0) is 19.2 Å². The lowest BCUT2D eigenvalue weighted by atomic mass is 10.0. The lowest BCUT2D eigenvalue weighted by Crippen LogP contribution is -2.12. The van der Waals surface area contributed by atoms with E-state index in [4.69, 9.17) is 5.73 Å². The lowest BCUT2D eigenvalue weighted by Gasteiger charge is -2.11. The largest absolute Gasteiger partial charge is 0.318 e. The van der Waals surface area contributed by atoms with E-state index in [0.29, 0.717) is 0 Å². The molecule has 0 amide bonds. The summed E-state index contributed by atoms with van der Waals surface area (Å²) < 4.78 is 0. The fraction of sp³-hybridized carbons (Fsp3) is 0.200. The van der Waals surface area contributed by atoms with Crippen LogP contribution in [0.2, 0.25) is 0 Å². The van der Waals surface area contributed by atoms with E-state index < -0.39 is 0 Å². The number of hydrogen-bond donors (Lipinski definition) is 1. The Morgan fingerprint density at radius 3 is 2.68 bits per heavy atom. The first-order chi connectivity index (χ1) is 9.16. The zero-order valence-electron chi connectivity index (χ0n) is 10.9. The number of hydrogen-bond acceptors (Lipinski definition) is 4. The molecule has 2 heterocycles. The second-order valence-electron chi connectivity index (χ2n) is 4.62. The highest BCUT2D eigenvalue weighted by molar-refractivity contribution is 7.11. The Morgan fingerprint density at radius 2 is 1.95 bits per heavy atom. The van der Waals surface area contributed by atoms with Gasteiger partial charge >= 0.3 is 0 Å². The summed E-state index contributed by atoms with van der Waals surface area (Å²) >= 11 is 1.66. The average molecular weight is 269 g/mol. The summed E-state index contributed by atoms with van der Waals surface area (Å²) in [7, 11) is 0. The number of aromatic nitrogens is 2. The Morgan fingerprint density at radius 1 is 1.16 bits per heavy atom. The number of nitrogens with two attached hydrogens (primary N) is 1. The summed E-state index contributed by atoms with van der Waals surface area (Å²) in [6.07, 6.45) is 3.71. The number of rotatable bonds is 2. The SMILES string of the molecule is Cc1nc(C(N)c2cncc3ccccc23)sc1C. The molecule has 0 bridgehead atoms. The smallest absolute Gasteiger partial charge is 0.115 e. The maximum absolute atomic E-state index is 6.37. The molecule has 4 heteroatoms. The number of nitrogens with zero attached hydrogens (tertiary/aromatic N) is 2. The lowest BCUT2D eigenvalue weighted by molar-refractivity contribution is 0.854. The molecular weight excluding hydrogens is 254 g/mol. The molecule has 0 saturated carbocycles. The van der Waals surface area contributed by atoms with Gasteiger partial charge in [0.1, 0.15) is 5.01 Å². The van der Waals surface area contributed by atoms with Crippen molar-refractivity contribution in [2.45, 2.75) is 19.9 Å². The highest BCUT2D eigenvalue weighted by Gasteiger charge is 2.16.